The molecule has 26 heavy (non-hydrogen) atoms. The van der Waals surface area contributed by atoms with Crippen LogP contribution in [0.3, 0.4) is 0 Å². The van der Waals surface area contributed by atoms with Crippen LogP contribution in [0.5, 0.6) is 5.75 Å². The highest BCUT2D eigenvalue weighted by molar-refractivity contribution is 5.68. The Hall–Kier alpha value is -3.35. The Labute approximate surface area is 150 Å². The van der Waals surface area contributed by atoms with Crippen LogP contribution in [-0.2, 0) is 0 Å². The van der Waals surface area contributed by atoms with E-state index in [0.717, 1.165) is 28.5 Å². The number of aromatic nitrogens is 5. The van der Waals surface area contributed by atoms with Gasteiger partial charge in [-0.15, -0.1) is 0 Å². The van der Waals surface area contributed by atoms with E-state index in [0.29, 0.717) is 11.9 Å². The number of hydrogen-bond acceptors (Lipinski definition) is 5. The van der Waals surface area contributed by atoms with E-state index >= 15 is 0 Å². The number of H-pyrrole nitrogens is 1. The van der Waals surface area contributed by atoms with Crippen LogP contribution in [0.4, 0.5) is 11.8 Å². The van der Waals surface area contributed by atoms with Crippen LogP contribution in [0.25, 0.3) is 16.9 Å². The minimum Gasteiger partial charge on any atom is -0.497 e. The number of nitrogens with zero attached hydrogens (tertiary/aromatic N) is 4. The molecule has 0 spiro atoms. The molecule has 1 aliphatic rings. The van der Waals surface area contributed by atoms with E-state index in [1.54, 1.807) is 13.3 Å². The van der Waals surface area contributed by atoms with Crippen LogP contribution in [0.1, 0.15) is 24.5 Å². The predicted octanol–water partition coefficient (Wildman–Crippen LogP) is 3.75. The highest BCUT2D eigenvalue weighted by Gasteiger charge is 2.25. The van der Waals surface area contributed by atoms with E-state index in [9.17, 15) is 0 Å². The molecule has 0 unspecified atom stereocenters. The van der Waals surface area contributed by atoms with Gasteiger partial charge in [-0.1, -0.05) is 0 Å². The maximum Gasteiger partial charge on any atom is 0.214 e. The maximum atomic E-state index is 5.23. The first-order valence-electron chi connectivity index (χ1n) is 8.61. The van der Waals surface area contributed by atoms with Crippen molar-refractivity contribution < 1.29 is 4.74 Å². The molecule has 3 aromatic heterocycles. The molecule has 0 bridgehead atoms. The number of nitrogens with one attached hydrogen (secondary N) is 2. The van der Waals surface area contributed by atoms with Crippen molar-refractivity contribution >= 4 is 17.4 Å². The topological polar surface area (TPSA) is 80.1 Å². The number of anilines is 2. The number of benzene rings is 1. The van der Waals surface area contributed by atoms with Crippen LogP contribution >= 0.6 is 0 Å². The lowest BCUT2D eigenvalue weighted by Crippen LogP contribution is -2.02. The zero-order chi connectivity index (χ0) is 17.5. The fourth-order valence-corrected chi connectivity index (χ4v) is 3.04. The van der Waals surface area contributed by atoms with Gasteiger partial charge in [0.2, 0.25) is 5.95 Å². The van der Waals surface area contributed by atoms with Gasteiger partial charge in [-0.05, 0) is 37.1 Å². The van der Waals surface area contributed by atoms with Gasteiger partial charge in [-0.2, -0.15) is 5.10 Å². The predicted molar refractivity (Wildman–Crippen MR) is 98.8 cm³/mol. The SMILES string of the molecule is COc1ccc(-c2cc3nccn3c(Nc3cc(C4CC4)[nH]n3)n2)cc1. The third kappa shape index (κ3) is 2.67. The van der Waals surface area contributed by atoms with Gasteiger partial charge < -0.3 is 10.1 Å². The summed E-state index contributed by atoms with van der Waals surface area (Å²) in [6.07, 6.45) is 6.12. The van der Waals surface area contributed by atoms with E-state index in [4.69, 9.17) is 9.72 Å². The molecule has 130 valence electrons. The number of ether oxygens (including phenoxy) is 1. The first-order chi connectivity index (χ1) is 12.8. The summed E-state index contributed by atoms with van der Waals surface area (Å²) >= 11 is 0. The van der Waals surface area contributed by atoms with Crippen molar-refractivity contribution in [1.29, 1.82) is 0 Å². The summed E-state index contributed by atoms with van der Waals surface area (Å²) in [6, 6.07) is 11.9. The highest BCUT2D eigenvalue weighted by atomic mass is 16.5. The van der Waals surface area contributed by atoms with Crippen LogP contribution in [0.2, 0.25) is 0 Å². The van der Waals surface area contributed by atoms with Crippen LogP contribution in [0, 0.1) is 0 Å². The van der Waals surface area contributed by atoms with E-state index in [-0.39, 0.29) is 0 Å². The Kier molecular flexibility index (Phi) is 3.38. The second-order valence-electron chi connectivity index (χ2n) is 6.46. The molecular weight excluding hydrogens is 328 g/mol. The fourth-order valence-electron chi connectivity index (χ4n) is 3.04. The third-order valence-electron chi connectivity index (χ3n) is 4.63. The summed E-state index contributed by atoms with van der Waals surface area (Å²) in [4.78, 5) is 9.20. The Morgan fingerprint density at radius 3 is 2.81 bits per heavy atom. The summed E-state index contributed by atoms with van der Waals surface area (Å²) in [6.45, 7) is 0. The number of rotatable bonds is 5. The molecule has 0 amide bonds. The summed E-state index contributed by atoms with van der Waals surface area (Å²) in [5.41, 5.74) is 3.85. The van der Waals surface area contributed by atoms with Crippen LogP contribution < -0.4 is 10.1 Å². The molecule has 0 saturated heterocycles. The molecule has 0 radical (unpaired) electrons. The van der Waals surface area contributed by atoms with Gasteiger partial charge >= 0.3 is 0 Å². The van der Waals surface area contributed by atoms with Crippen molar-refractivity contribution in [3.8, 4) is 17.0 Å². The lowest BCUT2D eigenvalue weighted by atomic mass is 10.1. The average molecular weight is 346 g/mol. The Morgan fingerprint density at radius 2 is 2.04 bits per heavy atom. The van der Waals surface area contributed by atoms with Gasteiger partial charge in [0.1, 0.15) is 11.4 Å². The second-order valence-corrected chi connectivity index (χ2v) is 6.46. The van der Waals surface area contributed by atoms with Gasteiger partial charge in [0, 0.05) is 41.7 Å². The number of imidazole rings is 1. The van der Waals surface area contributed by atoms with Gasteiger partial charge in [-0.3, -0.25) is 9.50 Å². The van der Waals surface area contributed by atoms with E-state index < -0.39 is 0 Å². The molecule has 1 fully saturated rings. The van der Waals surface area contributed by atoms with Crippen molar-refractivity contribution in [1.82, 2.24) is 24.6 Å². The molecule has 1 aliphatic carbocycles. The summed E-state index contributed by atoms with van der Waals surface area (Å²) < 4.78 is 7.15. The fraction of sp³-hybridized carbons (Fsp3) is 0.211. The van der Waals surface area contributed by atoms with Gasteiger partial charge in [0.05, 0.1) is 12.8 Å². The smallest absolute Gasteiger partial charge is 0.214 e. The molecule has 0 aliphatic heterocycles. The molecule has 7 heteroatoms. The number of aromatic amines is 1. The normalized spacial score (nSPS) is 13.9. The Morgan fingerprint density at radius 1 is 1.19 bits per heavy atom. The monoisotopic (exact) mass is 346 g/mol. The zero-order valence-electron chi connectivity index (χ0n) is 14.3. The van der Waals surface area contributed by atoms with E-state index in [1.165, 1.54) is 18.5 Å². The lowest BCUT2D eigenvalue weighted by Gasteiger charge is -2.09. The number of hydrogen-bond donors (Lipinski definition) is 2. The summed E-state index contributed by atoms with van der Waals surface area (Å²) in [5, 5.41) is 10.8. The molecule has 3 heterocycles. The van der Waals surface area contributed by atoms with Crippen molar-refractivity contribution in [2.45, 2.75) is 18.8 Å². The van der Waals surface area contributed by atoms with Crippen molar-refractivity contribution in [3.05, 3.63) is 54.5 Å². The van der Waals surface area contributed by atoms with Crippen molar-refractivity contribution in [3.63, 3.8) is 0 Å². The molecule has 2 N–H and O–H groups in total. The first kappa shape index (κ1) is 14.9. The van der Waals surface area contributed by atoms with Gasteiger partial charge in [-0.25, -0.2) is 9.97 Å². The van der Waals surface area contributed by atoms with Crippen molar-refractivity contribution in [2.75, 3.05) is 12.4 Å². The van der Waals surface area contributed by atoms with Crippen LogP contribution in [-0.4, -0.2) is 31.7 Å². The van der Waals surface area contributed by atoms with Crippen LogP contribution in [0.15, 0.2) is 48.8 Å². The lowest BCUT2D eigenvalue weighted by molar-refractivity contribution is 0.415. The maximum absolute atomic E-state index is 5.23. The molecular formula is C19H18N6O. The molecule has 0 atom stereocenters. The summed E-state index contributed by atoms with van der Waals surface area (Å²) in [5.74, 6) is 2.89. The summed E-state index contributed by atoms with van der Waals surface area (Å²) in [7, 11) is 1.66. The minimum absolute atomic E-state index is 0.630. The average Bonchev–Trinajstić information content (AvgIpc) is 3.23. The Bertz CT molecular complexity index is 1060. The van der Waals surface area contributed by atoms with E-state index in [1.807, 2.05) is 40.9 Å². The minimum atomic E-state index is 0.630. The third-order valence-corrected chi connectivity index (χ3v) is 4.63. The largest absolute Gasteiger partial charge is 0.497 e. The van der Waals surface area contributed by atoms with Gasteiger partial charge in [0.15, 0.2) is 5.82 Å². The van der Waals surface area contributed by atoms with E-state index in [2.05, 4.69) is 26.6 Å². The Balaban J connectivity index is 1.53. The number of fused-ring (bicyclic) bond motifs is 1. The zero-order valence-corrected chi connectivity index (χ0v) is 14.3. The van der Waals surface area contributed by atoms with Gasteiger partial charge in [0.25, 0.3) is 0 Å². The quantitative estimate of drug-likeness (QED) is 0.575. The number of methoxy groups -OCH3 is 1. The molecule has 1 saturated carbocycles. The standard InChI is InChI=1S/C19H18N6O/c1-26-14-6-4-12(5-7-14)15-11-18-20-8-9-25(18)19(21-15)22-17-10-16(23-24-17)13-2-3-13/h4-11,13H,2-3H2,1H3,(H2,21,22,23,24). The highest BCUT2D eigenvalue weighted by Crippen LogP contribution is 2.39. The molecule has 4 aromatic rings. The molecule has 5 rings (SSSR count). The second kappa shape index (κ2) is 5.87. The molecule has 1 aromatic carbocycles. The van der Waals surface area contributed by atoms with Crippen molar-refractivity contribution in [2.24, 2.45) is 0 Å². The molecule has 7 nitrogen and oxygen atoms in total. The first-order valence-corrected chi connectivity index (χ1v) is 8.61.